The molecule has 1 aliphatic heterocycles. The van der Waals surface area contributed by atoms with E-state index >= 15 is 0 Å². The van der Waals surface area contributed by atoms with Crippen LogP contribution in [0, 0.1) is 0 Å². The van der Waals surface area contributed by atoms with Gasteiger partial charge in [0.15, 0.2) is 0 Å². The predicted octanol–water partition coefficient (Wildman–Crippen LogP) is -0.409. The number of hydroxylamine groups is 2. The van der Waals surface area contributed by atoms with Crippen LogP contribution in [0.25, 0.3) is 0 Å². The van der Waals surface area contributed by atoms with E-state index in [2.05, 4.69) is 31.1 Å². The molecule has 0 aromatic carbocycles. The Bertz CT molecular complexity index is 197. The van der Waals surface area contributed by atoms with E-state index in [-0.39, 0.29) is 0 Å². The summed E-state index contributed by atoms with van der Waals surface area (Å²) in [5.74, 6) is 0. The molecule has 1 fully saturated rings. The second kappa shape index (κ2) is 7.28. The van der Waals surface area contributed by atoms with E-state index in [9.17, 15) is 0 Å². The van der Waals surface area contributed by atoms with Crippen LogP contribution in [0.1, 0.15) is 6.42 Å². The first-order valence-electron chi connectivity index (χ1n) is 6.62. The number of likely N-dealkylation sites (N-methyl/N-ethyl adjacent to an activating group) is 1. The quantitative estimate of drug-likeness (QED) is 0.619. The molecule has 0 aromatic heterocycles. The van der Waals surface area contributed by atoms with Crippen molar-refractivity contribution >= 4 is 0 Å². The second-order valence-corrected chi connectivity index (χ2v) is 5.76. The predicted molar refractivity (Wildman–Crippen MR) is 70.5 cm³/mol. The standard InChI is InChI=1S/C12H29N4O/c1-16(2,3)11-12-17-15-9-7-14(8-10-15)6-4-5-13/h4-13H2,1-3H3/q+1. The molecular weight excluding hydrogens is 216 g/mol. The van der Waals surface area contributed by atoms with Gasteiger partial charge < -0.3 is 15.1 Å². The molecule has 2 N–H and O–H groups in total. The Morgan fingerprint density at radius 1 is 1.12 bits per heavy atom. The molecule has 5 heteroatoms. The van der Waals surface area contributed by atoms with Crippen LogP contribution in [0.3, 0.4) is 0 Å². The zero-order valence-corrected chi connectivity index (χ0v) is 11.7. The molecule has 102 valence electrons. The molecule has 0 spiro atoms. The number of hydrogen-bond acceptors (Lipinski definition) is 4. The Balaban J connectivity index is 2.07. The molecular formula is C12H29N4O+. The lowest BCUT2D eigenvalue weighted by Gasteiger charge is -2.34. The maximum Gasteiger partial charge on any atom is 0.117 e. The van der Waals surface area contributed by atoms with Crippen LogP contribution in [0.5, 0.6) is 0 Å². The zero-order valence-electron chi connectivity index (χ0n) is 11.7. The summed E-state index contributed by atoms with van der Waals surface area (Å²) in [4.78, 5) is 8.24. The lowest BCUT2D eigenvalue weighted by Crippen LogP contribution is -2.47. The molecule has 0 amide bonds. The van der Waals surface area contributed by atoms with E-state index in [1.807, 2.05) is 0 Å². The first kappa shape index (κ1) is 14.9. The first-order chi connectivity index (χ1) is 8.01. The van der Waals surface area contributed by atoms with Crippen molar-refractivity contribution in [2.24, 2.45) is 5.73 Å². The summed E-state index contributed by atoms with van der Waals surface area (Å²) < 4.78 is 0.955. The van der Waals surface area contributed by atoms with E-state index in [0.717, 1.165) is 63.3 Å². The van der Waals surface area contributed by atoms with Gasteiger partial charge in [0.1, 0.15) is 13.2 Å². The Labute approximate surface area is 106 Å². The second-order valence-electron chi connectivity index (χ2n) is 5.76. The SMILES string of the molecule is C[N+](C)(C)CCON1CCN(CCCN)CC1. The minimum absolute atomic E-state index is 0.792. The third-order valence-electron chi connectivity index (χ3n) is 3.05. The highest BCUT2D eigenvalue weighted by Crippen LogP contribution is 2.03. The molecule has 1 rings (SSSR count). The van der Waals surface area contributed by atoms with Crippen LogP contribution in [-0.2, 0) is 4.84 Å². The molecule has 0 aliphatic carbocycles. The normalized spacial score (nSPS) is 19.8. The minimum atomic E-state index is 0.792. The Morgan fingerprint density at radius 2 is 1.76 bits per heavy atom. The largest absolute Gasteiger partial charge is 0.330 e. The van der Waals surface area contributed by atoms with Gasteiger partial charge in [-0.25, -0.2) is 0 Å². The Hall–Kier alpha value is -0.200. The fourth-order valence-electron chi connectivity index (χ4n) is 1.84. The van der Waals surface area contributed by atoms with Crippen molar-refractivity contribution in [3.8, 4) is 0 Å². The van der Waals surface area contributed by atoms with Crippen LogP contribution in [0.2, 0.25) is 0 Å². The summed E-state index contributed by atoms with van der Waals surface area (Å²) in [5.41, 5.74) is 5.52. The lowest BCUT2D eigenvalue weighted by molar-refractivity contribution is -0.871. The number of hydrogen-bond donors (Lipinski definition) is 1. The molecule has 1 saturated heterocycles. The van der Waals surface area contributed by atoms with Crippen molar-refractivity contribution in [1.82, 2.24) is 9.96 Å². The van der Waals surface area contributed by atoms with Gasteiger partial charge in [-0.15, -0.1) is 0 Å². The van der Waals surface area contributed by atoms with Crippen molar-refractivity contribution in [1.29, 1.82) is 0 Å². The molecule has 1 aliphatic rings. The smallest absolute Gasteiger partial charge is 0.117 e. The number of nitrogens with two attached hydrogens (primary N) is 1. The van der Waals surface area contributed by atoms with E-state index in [4.69, 9.17) is 10.6 Å². The zero-order chi connectivity index (χ0) is 12.7. The highest BCUT2D eigenvalue weighted by molar-refractivity contribution is 4.67. The van der Waals surface area contributed by atoms with Crippen molar-refractivity contribution in [3.63, 3.8) is 0 Å². The van der Waals surface area contributed by atoms with Gasteiger partial charge in [-0.2, -0.15) is 5.06 Å². The van der Waals surface area contributed by atoms with Crippen LogP contribution >= 0.6 is 0 Å². The van der Waals surface area contributed by atoms with Gasteiger partial charge in [0, 0.05) is 26.2 Å². The maximum absolute atomic E-state index is 5.78. The number of quaternary nitrogens is 1. The van der Waals surface area contributed by atoms with Gasteiger partial charge in [-0.3, -0.25) is 4.84 Å². The summed E-state index contributed by atoms with van der Waals surface area (Å²) in [6, 6.07) is 0. The molecule has 0 saturated carbocycles. The maximum atomic E-state index is 5.78. The van der Waals surface area contributed by atoms with Crippen LogP contribution in [-0.4, -0.2) is 88.0 Å². The Kier molecular flexibility index (Phi) is 6.37. The third kappa shape index (κ3) is 6.95. The highest BCUT2D eigenvalue weighted by Gasteiger charge is 2.17. The van der Waals surface area contributed by atoms with E-state index < -0.39 is 0 Å². The molecule has 5 nitrogen and oxygen atoms in total. The van der Waals surface area contributed by atoms with Gasteiger partial charge in [-0.1, -0.05) is 0 Å². The molecule has 1 heterocycles. The van der Waals surface area contributed by atoms with Gasteiger partial charge in [0.2, 0.25) is 0 Å². The van der Waals surface area contributed by atoms with Gasteiger partial charge in [0.05, 0.1) is 21.1 Å². The minimum Gasteiger partial charge on any atom is -0.330 e. The van der Waals surface area contributed by atoms with Crippen LogP contribution in [0.4, 0.5) is 0 Å². The first-order valence-corrected chi connectivity index (χ1v) is 6.62. The molecule has 17 heavy (non-hydrogen) atoms. The van der Waals surface area contributed by atoms with Crippen LogP contribution in [0.15, 0.2) is 0 Å². The van der Waals surface area contributed by atoms with E-state index in [1.54, 1.807) is 0 Å². The van der Waals surface area contributed by atoms with Crippen molar-refractivity contribution in [3.05, 3.63) is 0 Å². The lowest BCUT2D eigenvalue weighted by atomic mass is 10.3. The molecule has 0 aromatic rings. The highest BCUT2D eigenvalue weighted by atomic mass is 16.7. The monoisotopic (exact) mass is 245 g/mol. The summed E-state index contributed by atoms with van der Waals surface area (Å²) >= 11 is 0. The van der Waals surface area contributed by atoms with Crippen LogP contribution < -0.4 is 5.73 Å². The summed E-state index contributed by atoms with van der Waals surface area (Å²) in [5, 5.41) is 2.11. The molecule has 0 radical (unpaired) electrons. The summed E-state index contributed by atoms with van der Waals surface area (Å²) in [6.07, 6.45) is 1.10. The van der Waals surface area contributed by atoms with Gasteiger partial charge in [0.25, 0.3) is 0 Å². The van der Waals surface area contributed by atoms with Crippen molar-refractivity contribution in [2.75, 3.05) is 73.6 Å². The molecule has 0 unspecified atom stereocenters. The van der Waals surface area contributed by atoms with Gasteiger partial charge in [-0.05, 0) is 19.5 Å². The number of piperazine rings is 1. The average Bonchev–Trinajstić information content (AvgIpc) is 2.26. The number of rotatable bonds is 7. The average molecular weight is 245 g/mol. The van der Waals surface area contributed by atoms with Crippen molar-refractivity contribution < 1.29 is 9.32 Å². The van der Waals surface area contributed by atoms with E-state index in [0.29, 0.717) is 0 Å². The van der Waals surface area contributed by atoms with Gasteiger partial charge >= 0.3 is 0 Å². The summed E-state index contributed by atoms with van der Waals surface area (Å²) in [7, 11) is 6.57. The summed E-state index contributed by atoms with van der Waals surface area (Å²) in [6.45, 7) is 8.02. The topological polar surface area (TPSA) is 41.7 Å². The van der Waals surface area contributed by atoms with Crippen molar-refractivity contribution in [2.45, 2.75) is 6.42 Å². The molecule has 0 bridgehead atoms. The fraction of sp³-hybridized carbons (Fsp3) is 1.00. The fourth-order valence-corrected chi connectivity index (χ4v) is 1.84. The molecule has 0 atom stereocenters. The Morgan fingerprint density at radius 3 is 2.29 bits per heavy atom. The number of nitrogens with zero attached hydrogens (tertiary/aromatic N) is 3. The van der Waals surface area contributed by atoms with E-state index in [1.165, 1.54) is 0 Å². The third-order valence-corrected chi connectivity index (χ3v) is 3.05.